The van der Waals surface area contributed by atoms with E-state index in [1.807, 2.05) is 17.5 Å². The predicted octanol–water partition coefficient (Wildman–Crippen LogP) is 4.01. The van der Waals surface area contributed by atoms with Crippen molar-refractivity contribution in [3.8, 4) is 0 Å². The molecular formula is C16H23N3O2S3. The van der Waals surface area contributed by atoms with Crippen LogP contribution >= 0.6 is 34.4 Å². The van der Waals surface area contributed by atoms with Gasteiger partial charge in [-0.05, 0) is 24.3 Å². The maximum absolute atomic E-state index is 10.0. The maximum Gasteiger partial charge on any atom is 0.206 e. The fourth-order valence-electron chi connectivity index (χ4n) is 2.65. The first-order chi connectivity index (χ1) is 11.8. The van der Waals surface area contributed by atoms with Crippen LogP contribution in [0, 0.1) is 0 Å². The van der Waals surface area contributed by atoms with Gasteiger partial charge in [0, 0.05) is 16.7 Å². The van der Waals surface area contributed by atoms with Crippen molar-refractivity contribution in [1.29, 1.82) is 0 Å². The first kappa shape index (κ1) is 18.1. The number of rotatable bonds is 9. The van der Waals surface area contributed by atoms with Crippen LogP contribution in [0.3, 0.4) is 0 Å². The first-order valence-corrected chi connectivity index (χ1v) is 11.0. The zero-order valence-corrected chi connectivity index (χ0v) is 16.0. The Labute approximate surface area is 154 Å². The average Bonchev–Trinajstić information content (AvgIpc) is 3.26. The van der Waals surface area contributed by atoms with Crippen LogP contribution in [0.15, 0.2) is 21.9 Å². The highest BCUT2D eigenvalue weighted by atomic mass is 32.2. The van der Waals surface area contributed by atoms with E-state index >= 15 is 0 Å². The molecule has 0 aromatic carbocycles. The summed E-state index contributed by atoms with van der Waals surface area (Å²) in [5, 5.41) is 24.8. The second-order valence-electron chi connectivity index (χ2n) is 5.91. The van der Waals surface area contributed by atoms with Crippen molar-refractivity contribution >= 4 is 39.6 Å². The molecule has 1 saturated carbocycles. The molecule has 132 valence electrons. The van der Waals surface area contributed by atoms with E-state index in [2.05, 4.69) is 15.5 Å². The summed E-state index contributed by atoms with van der Waals surface area (Å²) >= 11 is 4.77. The van der Waals surface area contributed by atoms with Gasteiger partial charge in [0.05, 0.1) is 19.3 Å². The second kappa shape index (κ2) is 9.72. The normalized spacial score (nSPS) is 17.0. The monoisotopic (exact) mass is 385 g/mol. The zero-order chi connectivity index (χ0) is 16.6. The van der Waals surface area contributed by atoms with Gasteiger partial charge in [0.15, 0.2) is 4.34 Å². The lowest BCUT2D eigenvalue weighted by Gasteiger charge is -2.21. The van der Waals surface area contributed by atoms with Gasteiger partial charge in [-0.15, -0.1) is 21.5 Å². The largest absolute Gasteiger partial charge is 0.390 e. The van der Waals surface area contributed by atoms with E-state index in [0.29, 0.717) is 25.0 Å². The summed E-state index contributed by atoms with van der Waals surface area (Å²) in [4.78, 5) is 1.18. The summed E-state index contributed by atoms with van der Waals surface area (Å²) < 4.78 is 6.43. The molecule has 0 amide bonds. The van der Waals surface area contributed by atoms with Gasteiger partial charge in [0.1, 0.15) is 0 Å². The number of ether oxygens (including phenoxy) is 1. The van der Waals surface area contributed by atoms with Crippen LogP contribution in [0.25, 0.3) is 0 Å². The van der Waals surface area contributed by atoms with Gasteiger partial charge in [-0.1, -0.05) is 48.4 Å². The maximum atomic E-state index is 10.0. The molecule has 1 atom stereocenters. The van der Waals surface area contributed by atoms with E-state index in [1.165, 1.54) is 48.7 Å². The quantitative estimate of drug-likeness (QED) is 0.636. The Balaban J connectivity index is 1.33. The number of aliphatic hydroxyl groups excluding tert-OH is 1. The van der Waals surface area contributed by atoms with E-state index < -0.39 is 6.10 Å². The Morgan fingerprint density at radius 1 is 1.33 bits per heavy atom. The topological polar surface area (TPSA) is 67.3 Å². The molecule has 0 saturated heterocycles. The number of thiophene rings is 1. The van der Waals surface area contributed by atoms with Gasteiger partial charge >= 0.3 is 0 Å². The predicted molar refractivity (Wildman–Crippen MR) is 101 cm³/mol. The number of nitrogens with one attached hydrogen (secondary N) is 1. The van der Waals surface area contributed by atoms with Crippen LogP contribution in [-0.4, -0.2) is 39.8 Å². The summed E-state index contributed by atoms with van der Waals surface area (Å²) in [5.74, 6) is 0.572. The van der Waals surface area contributed by atoms with Crippen molar-refractivity contribution in [1.82, 2.24) is 10.2 Å². The Kier molecular flexibility index (Phi) is 7.34. The zero-order valence-electron chi connectivity index (χ0n) is 13.5. The summed E-state index contributed by atoms with van der Waals surface area (Å²) in [6, 6.07) is 4.58. The Morgan fingerprint density at radius 2 is 2.21 bits per heavy atom. The molecule has 0 spiro atoms. The highest BCUT2D eigenvalue weighted by Gasteiger charge is 2.15. The molecule has 3 rings (SSSR count). The molecule has 2 N–H and O–H groups in total. The van der Waals surface area contributed by atoms with Crippen LogP contribution in [0.1, 0.15) is 37.0 Å². The third-order valence-corrected chi connectivity index (χ3v) is 6.86. The average molecular weight is 386 g/mol. The smallest absolute Gasteiger partial charge is 0.206 e. The number of aliphatic hydroxyl groups is 1. The molecule has 5 nitrogen and oxygen atoms in total. The van der Waals surface area contributed by atoms with Gasteiger partial charge in [-0.2, -0.15) is 0 Å². The van der Waals surface area contributed by atoms with Crippen molar-refractivity contribution < 1.29 is 9.84 Å². The van der Waals surface area contributed by atoms with E-state index in [-0.39, 0.29) is 0 Å². The van der Waals surface area contributed by atoms with Crippen LogP contribution < -0.4 is 5.32 Å². The summed E-state index contributed by atoms with van der Waals surface area (Å²) in [5.41, 5.74) is 0. The van der Waals surface area contributed by atoms with Crippen LogP contribution in [0.2, 0.25) is 0 Å². The summed E-state index contributed by atoms with van der Waals surface area (Å²) in [6.45, 7) is 0.907. The van der Waals surface area contributed by atoms with Gasteiger partial charge < -0.3 is 15.2 Å². The highest BCUT2D eigenvalue weighted by molar-refractivity contribution is 8.01. The fraction of sp³-hybridized carbons (Fsp3) is 0.625. The minimum atomic E-state index is -0.492. The minimum absolute atomic E-state index is 0.344. The SMILES string of the molecule is OC(COCc1cccs1)CSc1nnc(NC2CCCCC2)s1. The molecule has 0 aliphatic heterocycles. The lowest BCUT2D eigenvalue weighted by Crippen LogP contribution is -2.21. The van der Waals surface area contributed by atoms with E-state index in [9.17, 15) is 5.11 Å². The minimum Gasteiger partial charge on any atom is -0.390 e. The fourth-order valence-corrected chi connectivity index (χ4v) is 5.05. The van der Waals surface area contributed by atoms with E-state index in [1.54, 1.807) is 22.7 Å². The summed E-state index contributed by atoms with van der Waals surface area (Å²) in [7, 11) is 0. The number of nitrogens with zero attached hydrogens (tertiary/aromatic N) is 2. The molecule has 0 radical (unpaired) electrons. The lowest BCUT2D eigenvalue weighted by molar-refractivity contribution is 0.0409. The van der Waals surface area contributed by atoms with Crippen LogP contribution in [0.5, 0.6) is 0 Å². The Morgan fingerprint density at radius 3 is 3.00 bits per heavy atom. The van der Waals surface area contributed by atoms with Crippen molar-refractivity contribution in [2.75, 3.05) is 17.7 Å². The molecule has 1 unspecified atom stereocenters. The standard InChI is InChI=1S/C16H23N3O2S3/c20-13(9-21-10-14-7-4-8-22-14)11-23-16-19-18-15(24-16)17-12-5-2-1-3-6-12/h4,7-8,12-13,20H,1-3,5-6,9-11H2,(H,17,18). The Hall–Kier alpha value is -0.670. The van der Waals surface area contributed by atoms with Crippen LogP contribution in [-0.2, 0) is 11.3 Å². The number of hydrogen-bond donors (Lipinski definition) is 2. The third-order valence-electron chi connectivity index (χ3n) is 3.87. The van der Waals surface area contributed by atoms with Crippen molar-refractivity contribution in [2.24, 2.45) is 0 Å². The van der Waals surface area contributed by atoms with Gasteiger partial charge in [-0.3, -0.25) is 0 Å². The highest BCUT2D eigenvalue weighted by Crippen LogP contribution is 2.28. The van der Waals surface area contributed by atoms with Gasteiger partial charge in [0.25, 0.3) is 0 Å². The Bertz CT molecular complexity index is 585. The lowest BCUT2D eigenvalue weighted by atomic mass is 9.96. The van der Waals surface area contributed by atoms with Crippen molar-refractivity contribution in [3.63, 3.8) is 0 Å². The molecule has 8 heteroatoms. The number of anilines is 1. The summed E-state index contributed by atoms with van der Waals surface area (Å²) in [6.07, 6.45) is 5.91. The van der Waals surface area contributed by atoms with E-state index in [0.717, 1.165) is 9.47 Å². The molecule has 2 heterocycles. The molecule has 1 aliphatic rings. The second-order valence-corrected chi connectivity index (χ2v) is 9.19. The number of thioether (sulfide) groups is 1. The van der Waals surface area contributed by atoms with Crippen LogP contribution in [0.4, 0.5) is 5.13 Å². The molecule has 1 aliphatic carbocycles. The molecule has 2 aromatic heterocycles. The molecular weight excluding hydrogens is 362 g/mol. The first-order valence-electron chi connectivity index (χ1n) is 8.30. The third kappa shape index (κ3) is 6.00. The van der Waals surface area contributed by atoms with Crippen molar-refractivity contribution in [2.45, 2.75) is 55.2 Å². The molecule has 24 heavy (non-hydrogen) atoms. The molecule has 0 bridgehead atoms. The molecule has 1 fully saturated rings. The number of hydrogen-bond acceptors (Lipinski definition) is 8. The molecule has 2 aromatic rings. The van der Waals surface area contributed by atoms with Crippen molar-refractivity contribution in [3.05, 3.63) is 22.4 Å². The van der Waals surface area contributed by atoms with Gasteiger partial charge in [0.2, 0.25) is 5.13 Å². The van der Waals surface area contributed by atoms with Gasteiger partial charge in [-0.25, -0.2) is 0 Å². The number of aromatic nitrogens is 2. The van der Waals surface area contributed by atoms with E-state index in [4.69, 9.17) is 4.74 Å².